The SMILES string of the molecule is C(/c1ccc2c(/C=c3/[nH]ccc4cccc5cccc3c54)nnc-2cn1)=c1\[nH]ccc2cccc3cccc1c32. The van der Waals surface area contributed by atoms with Gasteiger partial charge in [-0.3, -0.25) is 4.98 Å². The van der Waals surface area contributed by atoms with Crippen LogP contribution in [0.25, 0.3) is 66.5 Å². The zero-order chi connectivity index (χ0) is 26.5. The van der Waals surface area contributed by atoms with Crippen molar-refractivity contribution in [2.24, 2.45) is 0 Å². The lowest BCUT2D eigenvalue weighted by Crippen LogP contribution is -2.05. The minimum Gasteiger partial charge on any atom is -0.361 e. The number of rotatable bonds is 2. The zero-order valence-electron chi connectivity index (χ0n) is 21.5. The molecule has 5 nitrogen and oxygen atoms in total. The van der Waals surface area contributed by atoms with Crippen LogP contribution in [0, 0.1) is 0 Å². The van der Waals surface area contributed by atoms with Crippen LogP contribution in [0.5, 0.6) is 0 Å². The van der Waals surface area contributed by atoms with E-state index in [2.05, 4.69) is 123 Å². The summed E-state index contributed by atoms with van der Waals surface area (Å²) >= 11 is 0. The fourth-order valence-electron chi connectivity index (χ4n) is 5.74. The van der Waals surface area contributed by atoms with Gasteiger partial charge in [-0.1, -0.05) is 72.8 Å². The third-order valence-corrected chi connectivity index (χ3v) is 7.60. The van der Waals surface area contributed by atoms with E-state index in [1.807, 2.05) is 18.5 Å². The number of aromatic amines is 2. The van der Waals surface area contributed by atoms with Crippen LogP contribution in [0.4, 0.5) is 0 Å². The quantitative estimate of drug-likeness (QED) is 0.279. The highest BCUT2D eigenvalue weighted by atomic mass is 15.1. The third-order valence-electron chi connectivity index (χ3n) is 7.60. The molecular weight excluding hydrogens is 490 g/mol. The number of nitrogens with zero attached hydrogens (tertiary/aromatic N) is 3. The van der Waals surface area contributed by atoms with Crippen LogP contribution in [-0.2, 0) is 0 Å². The molecule has 40 heavy (non-hydrogen) atoms. The Morgan fingerprint density at radius 3 is 1.70 bits per heavy atom. The van der Waals surface area contributed by atoms with Crippen molar-refractivity contribution in [2.75, 3.05) is 0 Å². The largest absolute Gasteiger partial charge is 0.361 e. The highest BCUT2D eigenvalue weighted by Crippen LogP contribution is 2.26. The summed E-state index contributed by atoms with van der Waals surface area (Å²) in [6.45, 7) is 0. The normalized spacial score (nSPS) is 12.8. The van der Waals surface area contributed by atoms with E-state index >= 15 is 0 Å². The van der Waals surface area contributed by atoms with Crippen LogP contribution in [0.1, 0.15) is 11.4 Å². The first-order valence-corrected chi connectivity index (χ1v) is 13.3. The first kappa shape index (κ1) is 22.4. The van der Waals surface area contributed by atoms with E-state index in [1.165, 1.54) is 32.3 Å². The number of hydrogen-bond acceptors (Lipinski definition) is 3. The molecule has 0 radical (unpaired) electrons. The second-order valence-corrected chi connectivity index (χ2v) is 9.97. The van der Waals surface area contributed by atoms with Crippen molar-refractivity contribution >= 4 is 55.2 Å². The van der Waals surface area contributed by atoms with Gasteiger partial charge in [0.25, 0.3) is 0 Å². The van der Waals surface area contributed by atoms with Crippen molar-refractivity contribution < 1.29 is 0 Å². The number of aromatic nitrogens is 5. The number of H-pyrrole nitrogens is 2. The highest BCUT2D eigenvalue weighted by molar-refractivity contribution is 6.10. The Kier molecular flexibility index (Phi) is 5.07. The van der Waals surface area contributed by atoms with Gasteiger partial charge in [0.05, 0.1) is 17.6 Å². The fraction of sp³-hybridized carbons (Fsp3) is 0. The summed E-state index contributed by atoms with van der Waals surface area (Å²) in [6, 6.07) is 33.9. The van der Waals surface area contributed by atoms with Gasteiger partial charge in [0.15, 0.2) is 0 Å². The third kappa shape index (κ3) is 3.68. The van der Waals surface area contributed by atoms with Crippen LogP contribution in [0.3, 0.4) is 0 Å². The molecule has 2 aliphatic rings. The first-order chi connectivity index (χ1) is 19.8. The number of hydrogen-bond donors (Lipinski definition) is 2. The number of fused-ring (bicyclic) bond motifs is 1. The number of nitrogens with one attached hydrogen (secondary N) is 2. The Hall–Kier alpha value is -5.55. The van der Waals surface area contributed by atoms with Gasteiger partial charge in [0, 0.05) is 39.4 Å². The molecule has 0 spiro atoms. The van der Waals surface area contributed by atoms with Gasteiger partial charge >= 0.3 is 0 Å². The van der Waals surface area contributed by atoms with E-state index in [0.717, 1.165) is 44.1 Å². The molecule has 0 saturated carbocycles. The van der Waals surface area contributed by atoms with E-state index < -0.39 is 0 Å². The molecule has 0 fully saturated rings. The van der Waals surface area contributed by atoms with Gasteiger partial charge < -0.3 is 9.97 Å². The lowest BCUT2D eigenvalue weighted by molar-refractivity contribution is 1.08. The van der Waals surface area contributed by atoms with Crippen molar-refractivity contribution in [1.29, 1.82) is 0 Å². The maximum absolute atomic E-state index is 4.76. The van der Waals surface area contributed by atoms with Crippen LogP contribution in [-0.4, -0.2) is 25.1 Å². The summed E-state index contributed by atoms with van der Waals surface area (Å²) in [5.74, 6) is 0. The van der Waals surface area contributed by atoms with Crippen molar-refractivity contribution in [3.05, 3.63) is 138 Å². The summed E-state index contributed by atoms with van der Waals surface area (Å²) < 4.78 is 0. The molecule has 8 rings (SSSR count). The molecule has 0 bridgehead atoms. The Morgan fingerprint density at radius 2 is 1.07 bits per heavy atom. The van der Waals surface area contributed by atoms with E-state index in [1.54, 1.807) is 6.20 Å². The van der Waals surface area contributed by atoms with Crippen LogP contribution >= 0.6 is 0 Å². The van der Waals surface area contributed by atoms with Gasteiger partial charge in [-0.25, -0.2) is 0 Å². The molecule has 6 aromatic rings. The summed E-state index contributed by atoms with van der Waals surface area (Å²) in [7, 11) is 0. The molecule has 0 atom stereocenters. The van der Waals surface area contributed by atoms with Gasteiger partial charge in [0.1, 0.15) is 5.69 Å². The standard InChI is InChI=1S/C35H23N5/c1-5-22-9-3-11-28-30(36-17-15-24(7-1)34(22)28)19-26-13-14-27-32(39-40-33(27)21-38-26)20-31-29-12-4-10-23-6-2-8-25(35(23)29)16-18-37-31/h1-21,36-37H/b30-19+,31-20+. The Labute approximate surface area is 229 Å². The second kappa shape index (κ2) is 9.03. The Balaban J connectivity index is 1.31. The monoisotopic (exact) mass is 513 g/mol. The molecular formula is C35H23N5. The number of benzene rings is 4. The van der Waals surface area contributed by atoms with E-state index in [4.69, 9.17) is 4.98 Å². The lowest BCUT2D eigenvalue weighted by atomic mass is 10.0. The van der Waals surface area contributed by atoms with Crippen molar-refractivity contribution in [1.82, 2.24) is 25.1 Å². The average molecular weight is 514 g/mol. The molecule has 2 aliphatic heterocycles. The predicted octanol–water partition coefficient (Wildman–Crippen LogP) is 6.47. The van der Waals surface area contributed by atoms with Gasteiger partial charge in [0.2, 0.25) is 0 Å². The molecule has 0 saturated heterocycles. The molecule has 0 aliphatic carbocycles. The summed E-state index contributed by atoms with van der Waals surface area (Å²) in [5.41, 5.74) is 3.33. The van der Waals surface area contributed by atoms with Crippen molar-refractivity contribution in [3.63, 3.8) is 0 Å². The van der Waals surface area contributed by atoms with Gasteiger partial charge in [-0.15, -0.1) is 10.2 Å². The zero-order valence-corrected chi connectivity index (χ0v) is 21.5. The summed E-state index contributed by atoms with van der Waals surface area (Å²) in [4.78, 5) is 11.7. The van der Waals surface area contributed by atoms with E-state index in [-0.39, 0.29) is 0 Å². The van der Waals surface area contributed by atoms with Gasteiger partial charge in [-0.05, 0) is 68.7 Å². The molecule has 2 N–H and O–H groups in total. The highest BCUT2D eigenvalue weighted by Gasteiger charge is 2.11. The molecule has 4 aromatic carbocycles. The second-order valence-electron chi connectivity index (χ2n) is 9.97. The van der Waals surface area contributed by atoms with Crippen LogP contribution < -0.4 is 10.7 Å². The average Bonchev–Trinajstić information content (AvgIpc) is 3.11. The van der Waals surface area contributed by atoms with Crippen LogP contribution in [0.2, 0.25) is 0 Å². The minimum absolute atomic E-state index is 0.750. The molecule has 5 heteroatoms. The molecule has 188 valence electrons. The predicted molar refractivity (Wildman–Crippen MR) is 163 cm³/mol. The van der Waals surface area contributed by atoms with Crippen molar-refractivity contribution in [2.45, 2.75) is 0 Å². The molecule has 4 heterocycles. The topological polar surface area (TPSA) is 70.2 Å². The fourth-order valence-corrected chi connectivity index (χ4v) is 5.74. The molecule has 2 aromatic heterocycles. The summed E-state index contributed by atoms with van der Waals surface area (Å²) in [5, 5.41) is 20.5. The van der Waals surface area contributed by atoms with Gasteiger partial charge in [-0.2, -0.15) is 0 Å². The van der Waals surface area contributed by atoms with E-state index in [0.29, 0.717) is 0 Å². The molecule has 0 unspecified atom stereocenters. The van der Waals surface area contributed by atoms with Crippen LogP contribution in [0.15, 0.2) is 116 Å². The Morgan fingerprint density at radius 1 is 0.525 bits per heavy atom. The summed E-state index contributed by atoms with van der Waals surface area (Å²) in [6.07, 6.45) is 9.93. The first-order valence-electron chi connectivity index (χ1n) is 13.3. The van der Waals surface area contributed by atoms with Crippen molar-refractivity contribution in [3.8, 4) is 11.3 Å². The maximum Gasteiger partial charge on any atom is 0.113 e. The smallest absolute Gasteiger partial charge is 0.113 e. The minimum atomic E-state index is 0.750. The maximum atomic E-state index is 4.76. The Bertz CT molecular complexity index is 2330. The van der Waals surface area contributed by atoms with E-state index in [9.17, 15) is 0 Å². The molecule has 0 amide bonds. The lowest BCUT2D eigenvalue weighted by Gasteiger charge is -2.01.